The van der Waals surface area contributed by atoms with Crippen molar-refractivity contribution >= 4 is 28.8 Å². The van der Waals surface area contributed by atoms with Crippen LogP contribution in [0.2, 0.25) is 0 Å². The maximum absolute atomic E-state index is 11.9. The molecule has 0 saturated heterocycles. The molecule has 0 saturated carbocycles. The molecule has 0 aliphatic rings. The van der Waals surface area contributed by atoms with E-state index in [1.165, 1.54) is 24.9 Å². The zero-order valence-corrected chi connectivity index (χ0v) is 11.3. The SMILES string of the molecule is CC(=O)Sc1ccc(C=[N+]([O-])c2ccccc2)cc1. The average Bonchev–Trinajstić information content (AvgIpc) is 2.41. The number of para-hydroxylation sites is 1. The second kappa shape index (κ2) is 6.20. The van der Waals surface area contributed by atoms with Gasteiger partial charge >= 0.3 is 0 Å². The molecule has 0 fully saturated rings. The second-order valence-electron chi connectivity index (χ2n) is 3.95. The Kier molecular flexibility index (Phi) is 4.36. The molecule has 0 aliphatic heterocycles. The summed E-state index contributed by atoms with van der Waals surface area (Å²) < 4.78 is 0.827. The van der Waals surface area contributed by atoms with Crippen LogP contribution in [0.25, 0.3) is 0 Å². The summed E-state index contributed by atoms with van der Waals surface area (Å²) in [4.78, 5) is 11.8. The molecule has 0 spiro atoms. The lowest BCUT2D eigenvalue weighted by molar-refractivity contribution is -0.354. The van der Waals surface area contributed by atoms with Crippen LogP contribution < -0.4 is 0 Å². The van der Waals surface area contributed by atoms with E-state index in [2.05, 4.69) is 0 Å². The minimum Gasteiger partial charge on any atom is -0.618 e. The molecular weight excluding hydrogens is 258 g/mol. The molecule has 2 aromatic rings. The molecule has 0 unspecified atom stereocenters. The lowest BCUT2D eigenvalue weighted by atomic mass is 10.2. The molecule has 0 bridgehead atoms. The maximum Gasteiger partial charge on any atom is 0.216 e. The molecule has 3 nitrogen and oxygen atoms in total. The van der Waals surface area contributed by atoms with Gasteiger partial charge in [-0.25, -0.2) is 0 Å². The monoisotopic (exact) mass is 271 g/mol. The fourth-order valence-electron chi connectivity index (χ4n) is 1.57. The third-order valence-corrected chi connectivity index (χ3v) is 3.21. The van der Waals surface area contributed by atoms with E-state index in [4.69, 9.17) is 0 Å². The van der Waals surface area contributed by atoms with Crippen molar-refractivity contribution in [3.63, 3.8) is 0 Å². The zero-order chi connectivity index (χ0) is 13.7. The number of carbonyl (C=O) groups is 1. The van der Waals surface area contributed by atoms with Gasteiger partial charge in [0.1, 0.15) is 0 Å². The summed E-state index contributed by atoms with van der Waals surface area (Å²) in [5.74, 6) is 0. The summed E-state index contributed by atoms with van der Waals surface area (Å²) in [6, 6.07) is 16.3. The Morgan fingerprint density at radius 1 is 1.11 bits per heavy atom. The largest absolute Gasteiger partial charge is 0.618 e. The van der Waals surface area contributed by atoms with Gasteiger partial charge < -0.3 is 5.21 Å². The minimum atomic E-state index is 0.0477. The zero-order valence-electron chi connectivity index (χ0n) is 10.4. The molecule has 4 heteroatoms. The van der Waals surface area contributed by atoms with Gasteiger partial charge in [0.05, 0.1) is 0 Å². The number of benzene rings is 2. The first-order valence-corrected chi connectivity index (χ1v) is 6.61. The van der Waals surface area contributed by atoms with E-state index in [9.17, 15) is 10.0 Å². The molecule has 0 aliphatic carbocycles. The number of carbonyl (C=O) groups excluding carboxylic acids is 1. The minimum absolute atomic E-state index is 0.0477. The Balaban J connectivity index is 2.17. The second-order valence-corrected chi connectivity index (χ2v) is 5.20. The topological polar surface area (TPSA) is 43.1 Å². The van der Waals surface area contributed by atoms with Gasteiger partial charge in [-0.3, -0.25) is 4.79 Å². The summed E-state index contributed by atoms with van der Waals surface area (Å²) in [5, 5.41) is 11.9. The van der Waals surface area contributed by atoms with E-state index >= 15 is 0 Å². The van der Waals surface area contributed by atoms with Crippen molar-refractivity contribution in [3.8, 4) is 0 Å². The first-order chi connectivity index (χ1) is 9.15. The number of hydrogen-bond acceptors (Lipinski definition) is 3. The van der Waals surface area contributed by atoms with Gasteiger partial charge in [0.25, 0.3) is 0 Å². The number of rotatable bonds is 3. The van der Waals surface area contributed by atoms with Crippen molar-refractivity contribution in [1.29, 1.82) is 0 Å². The lowest BCUT2D eigenvalue weighted by Gasteiger charge is -2.02. The lowest BCUT2D eigenvalue weighted by Crippen LogP contribution is -1.98. The Morgan fingerprint density at radius 3 is 2.32 bits per heavy atom. The van der Waals surface area contributed by atoms with E-state index in [0.29, 0.717) is 5.69 Å². The molecule has 0 amide bonds. The van der Waals surface area contributed by atoms with Crippen molar-refractivity contribution in [3.05, 3.63) is 65.4 Å². The van der Waals surface area contributed by atoms with Crippen LogP contribution in [0.5, 0.6) is 0 Å². The van der Waals surface area contributed by atoms with Gasteiger partial charge in [-0.1, -0.05) is 30.0 Å². The number of hydrogen-bond donors (Lipinski definition) is 0. The van der Waals surface area contributed by atoms with Gasteiger partial charge in [-0.2, -0.15) is 4.74 Å². The van der Waals surface area contributed by atoms with E-state index in [1.807, 2.05) is 42.5 Å². The van der Waals surface area contributed by atoms with Gasteiger partial charge in [-0.15, -0.1) is 0 Å². The normalized spacial score (nSPS) is 11.3. The predicted molar refractivity (Wildman–Crippen MR) is 77.9 cm³/mol. The Hall–Kier alpha value is -2.07. The van der Waals surface area contributed by atoms with Crippen molar-refractivity contribution in [2.75, 3.05) is 0 Å². The number of thioether (sulfide) groups is 1. The van der Waals surface area contributed by atoms with Gasteiger partial charge in [-0.05, 0) is 24.3 Å². The molecule has 0 radical (unpaired) electrons. The summed E-state index contributed by atoms with van der Waals surface area (Å²) in [6.07, 6.45) is 1.51. The van der Waals surface area contributed by atoms with Crippen LogP contribution in [0.15, 0.2) is 59.5 Å². The fourth-order valence-corrected chi connectivity index (χ4v) is 2.18. The Labute approximate surface area is 116 Å². The first kappa shape index (κ1) is 13.4. The van der Waals surface area contributed by atoms with Crippen LogP contribution in [0.3, 0.4) is 0 Å². The van der Waals surface area contributed by atoms with E-state index in [0.717, 1.165) is 15.2 Å². The summed E-state index contributed by atoms with van der Waals surface area (Å²) in [7, 11) is 0. The van der Waals surface area contributed by atoms with Gasteiger partial charge in [0.2, 0.25) is 5.69 Å². The highest BCUT2D eigenvalue weighted by Gasteiger charge is 2.02. The smallest absolute Gasteiger partial charge is 0.216 e. The van der Waals surface area contributed by atoms with Crippen molar-refractivity contribution < 1.29 is 9.53 Å². The van der Waals surface area contributed by atoms with Gasteiger partial charge in [0.15, 0.2) is 11.3 Å². The fraction of sp³-hybridized carbons (Fsp3) is 0.0667. The van der Waals surface area contributed by atoms with Crippen LogP contribution in [-0.4, -0.2) is 16.1 Å². The van der Waals surface area contributed by atoms with Crippen LogP contribution in [0, 0.1) is 5.21 Å². The van der Waals surface area contributed by atoms with E-state index in [-0.39, 0.29) is 5.12 Å². The maximum atomic E-state index is 11.9. The molecular formula is C15H13NO2S. The van der Waals surface area contributed by atoms with Crippen LogP contribution >= 0.6 is 11.8 Å². The van der Waals surface area contributed by atoms with Crippen molar-refractivity contribution in [2.24, 2.45) is 0 Å². The summed E-state index contributed by atoms with van der Waals surface area (Å²) in [6.45, 7) is 1.53. The van der Waals surface area contributed by atoms with Crippen LogP contribution in [0.1, 0.15) is 12.5 Å². The third-order valence-electron chi connectivity index (χ3n) is 2.42. The van der Waals surface area contributed by atoms with Crippen LogP contribution in [0.4, 0.5) is 5.69 Å². The molecule has 19 heavy (non-hydrogen) atoms. The quantitative estimate of drug-likeness (QED) is 0.282. The third kappa shape index (κ3) is 3.96. The summed E-state index contributed by atoms with van der Waals surface area (Å²) in [5.41, 5.74) is 1.39. The molecule has 0 N–H and O–H groups in total. The molecule has 0 atom stereocenters. The summed E-state index contributed by atoms with van der Waals surface area (Å²) >= 11 is 1.18. The molecule has 2 rings (SSSR count). The highest BCUT2D eigenvalue weighted by atomic mass is 32.2. The molecule has 0 heterocycles. The standard InChI is InChI=1S/C15H13NO2S/c1-12(17)19-15-9-7-13(8-10-15)11-16(18)14-5-3-2-4-6-14/h2-11H,1H3. The Morgan fingerprint density at radius 2 is 1.74 bits per heavy atom. The highest BCUT2D eigenvalue weighted by Crippen LogP contribution is 2.18. The van der Waals surface area contributed by atoms with E-state index in [1.54, 1.807) is 12.1 Å². The van der Waals surface area contributed by atoms with Crippen molar-refractivity contribution in [1.82, 2.24) is 0 Å². The number of nitrogens with zero attached hydrogens (tertiary/aromatic N) is 1. The molecule has 0 aromatic heterocycles. The Bertz CT molecular complexity index is 591. The first-order valence-electron chi connectivity index (χ1n) is 5.80. The molecule has 96 valence electrons. The van der Waals surface area contributed by atoms with Crippen molar-refractivity contribution in [2.45, 2.75) is 11.8 Å². The predicted octanol–water partition coefficient (Wildman–Crippen LogP) is 3.59. The van der Waals surface area contributed by atoms with Crippen LogP contribution in [-0.2, 0) is 4.79 Å². The highest BCUT2D eigenvalue weighted by molar-refractivity contribution is 8.13. The average molecular weight is 271 g/mol. The van der Waals surface area contributed by atoms with E-state index < -0.39 is 0 Å². The molecule has 2 aromatic carbocycles. The van der Waals surface area contributed by atoms with Gasteiger partial charge in [0, 0.05) is 29.5 Å².